The van der Waals surface area contributed by atoms with Crippen molar-refractivity contribution < 1.29 is 26.1 Å². The Hall–Kier alpha value is -2.99. The second-order valence-electron chi connectivity index (χ2n) is 6.21. The largest absolute Gasteiger partial charge is 0.416 e. The molecule has 154 valence electrons. The highest BCUT2D eigenvalue weighted by molar-refractivity contribution is 7.89. The SMILES string of the molecule is CN(C)S(=O)(=O)c1ccc(=O)n(Cc2nc(-c3cccc(C(F)(F)F)c3)no2)c1. The molecule has 0 saturated heterocycles. The molecule has 0 amide bonds. The quantitative estimate of drug-likeness (QED) is 0.618. The summed E-state index contributed by atoms with van der Waals surface area (Å²) in [6.45, 7) is -0.248. The maximum Gasteiger partial charge on any atom is 0.416 e. The molecule has 3 aromatic rings. The Balaban J connectivity index is 1.91. The zero-order valence-corrected chi connectivity index (χ0v) is 16.0. The second-order valence-corrected chi connectivity index (χ2v) is 8.36. The van der Waals surface area contributed by atoms with Gasteiger partial charge in [-0.1, -0.05) is 17.3 Å². The summed E-state index contributed by atoms with van der Waals surface area (Å²) in [5, 5.41) is 3.64. The van der Waals surface area contributed by atoms with E-state index in [1.807, 2.05) is 0 Å². The number of halogens is 3. The number of alkyl halides is 3. The molecule has 0 N–H and O–H groups in total. The van der Waals surface area contributed by atoms with Gasteiger partial charge in [-0.25, -0.2) is 12.7 Å². The first-order valence-electron chi connectivity index (χ1n) is 8.12. The van der Waals surface area contributed by atoms with Crippen LogP contribution in [0.3, 0.4) is 0 Å². The Bertz CT molecular complexity index is 1200. The average molecular weight is 428 g/mol. The highest BCUT2D eigenvalue weighted by Gasteiger charge is 2.30. The van der Waals surface area contributed by atoms with Gasteiger partial charge in [0.25, 0.3) is 5.56 Å². The number of sulfonamides is 1. The zero-order chi connectivity index (χ0) is 21.4. The smallest absolute Gasteiger partial charge is 0.337 e. The third kappa shape index (κ3) is 4.38. The molecular formula is C17H15F3N4O4S. The van der Waals surface area contributed by atoms with Gasteiger partial charge in [0.1, 0.15) is 6.54 Å². The number of benzene rings is 1. The van der Waals surface area contributed by atoms with Crippen LogP contribution >= 0.6 is 0 Å². The Morgan fingerprint density at radius 1 is 1.17 bits per heavy atom. The van der Waals surface area contributed by atoms with Crippen LogP contribution in [-0.4, -0.2) is 41.5 Å². The minimum absolute atomic E-state index is 0.0705. The lowest BCUT2D eigenvalue weighted by Crippen LogP contribution is -2.26. The molecule has 8 nitrogen and oxygen atoms in total. The summed E-state index contributed by atoms with van der Waals surface area (Å²) in [6.07, 6.45) is -3.39. The van der Waals surface area contributed by atoms with E-state index in [-0.39, 0.29) is 28.7 Å². The Morgan fingerprint density at radius 2 is 1.90 bits per heavy atom. The van der Waals surface area contributed by atoms with Crippen LogP contribution in [0.1, 0.15) is 11.5 Å². The first-order valence-corrected chi connectivity index (χ1v) is 9.56. The predicted molar refractivity (Wildman–Crippen MR) is 95.4 cm³/mol. The van der Waals surface area contributed by atoms with E-state index in [0.717, 1.165) is 33.3 Å². The van der Waals surface area contributed by atoms with Crippen molar-refractivity contribution in [2.24, 2.45) is 0 Å². The summed E-state index contributed by atoms with van der Waals surface area (Å²) in [4.78, 5) is 15.9. The summed E-state index contributed by atoms with van der Waals surface area (Å²) in [6, 6.07) is 6.66. The maximum atomic E-state index is 12.9. The van der Waals surface area contributed by atoms with Gasteiger partial charge in [0.15, 0.2) is 0 Å². The molecule has 0 radical (unpaired) electrons. The van der Waals surface area contributed by atoms with E-state index < -0.39 is 27.3 Å². The zero-order valence-electron chi connectivity index (χ0n) is 15.2. The van der Waals surface area contributed by atoms with Crippen molar-refractivity contribution in [1.82, 2.24) is 19.0 Å². The van der Waals surface area contributed by atoms with E-state index in [9.17, 15) is 26.4 Å². The van der Waals surface area contributed by atoms with Gasteiger partial charge in [0.05, 0.1) is 10.5 Å². The van der Waals surface area contributed by atoms with Gasteiger partial charge in [-0.3, -0.25) is 4.79 Å². The van der Waals surface area contributed by atoms with Crippen LogP contribution in [0, 0.1) is 0 Å². The number of nitrogens with zero attached hydrogens (tertiary/aromatic N) is 4. The van der Waals surface area contributed by atoms with Gasteiger partial charge in [-0.05, 0) is 18.2 Å². The summed E-state index contributed by atoms with van der Waals surface area (Å²) in [5.41, 5.74) is -1.29. The van der Waals surface area contributed by atoms with Crippen LogP contribution in [0.2, 0.25) is 0 Å². The van der Waals surface area contributed by atoms with Gasteiger partial charge < -0.3 is 9.09 Å². The number of rotatable bonds is 5. The molecule has 3 rings (SSSR count). The number of hydrogen-bond donors (Lipinski definition) is 0. The normalized spacial score (nSPS) is 12.5. The number of aromatic nitrogens is 3. The standard InChI is InChI=1S/C17H15F3N4O4S/c1-23(2)29(26,27)13-6-7-15(25)24(9-13)10-14-21-16(22-28-14)11-4-3-5-12(8-11)17(18,19)20/h3-9H,10H2,1-2H3. The summed E-state index contributed by atoms with van der Waals surface area (Å²) >= 11 is 0. The van der Waals surface area contributed by atoms with E-state index in [2.05, 4.69) is 10.1 Å². The molecule has 1 aromatic carbocycles. The molecule has 2 aromatic heterocycles. The molecule has 29 heavy (non-hydrogen) atoms. The molecule has 2 heterocycles. The molecule has 0 saturated carbocycles. The van der Waals surface area contributed by atoms with Crippen LogP contribution in [0.5, 0.6) is 0 Å². The van der Waals surface area contributed by atoms with Crippen molar-refractivity contribution >= 4 is 10.0 Å². The number of pyridine rings is 1. The molecular weight excluding hydrogens is 413 g/mol. The van der Waals surface area contributed by atoms with Crippen molar-refractivity contribution in [2.75, 3.05) is 14.1 Å². The molecule has 0 fully saturated rings. The fourth-order valence-electron chi connectivity index (χ4n) is 2.41. The van der Waals surface area contributed by atoms with E-state index in [1.54, 1.807) is 0 Å². The van der Waals surface area contributed by atoms with Crippen LogP contribution < -0.4 is 5.56 Å². The van der Waals surface area contributed by atoms with E-state index in [0.29, 0.717) is 0 Å². The number of hydrogen-bond acceptors (Lipinski definition) is 6. The van der Waals surface area contributed by atoms with Crippen molar-refractivity contribution in [1.29, 1.82) is 0 Å². The minimum Gasteiger partial charge on any atom is -0.337 e. The molecule has 0 aliphatic heterocycles. The molecule has 0 aliphatic rings. The second kappa shape index (κ2) is 7.44. The third-order valence-corrected chi connectivity index (χ3v) is 5.76. The molecule has 0 unspecified atom stereocenters. The van der Waals surface area contributed by atoms with Gasteiger partial charge in [-0.2, -0.15) is 18.2 Å². The fourth-order valence-corrected chi connectivity index (χ4v) is 3.34. The summed E-state index contributed by atoms with van der Waals surface area (Å²) in [5.74, 6) is -0.157. The van der Waals surface area contributed by atoms with Crippen LogP contribution in [0.15, 0.2) is 56.8 Å². The first-order chi connectivity index (χ1) is 13.5. The fraction of sp³-hybridized carbons (Fsp3) is 0.235. The predicted octanol–water partition coefficient (Wildman–Crippen LogP) is 2.22. The topological polar surface area (TPSA) is 98.3 Å². The van der Waals surface area contributed by atoms with Crippen molar-refractivity contribution in [3.05, 3.63) is 64.4 Å². The molecule has 12 heteroatoms. The molecule has 0 aliphatic carbocycles. The van der Waals surface area contributed by atoms with E-state index in [4.69, 9.17) is 4.52 Å². The van der Waals surface area contributed by atoms with Gasteiger partial charge in [0, 0.05) is 31.9 Å². The van der Waals surface area contributed by atoms with E-state index in [1.165, 1.54) is 32.3 Å². The van der Waals surface area contributed by atoms with Crippen LogP contribution in [0.4, 0.5) is 13.2 Å². The van der Waals surface area contributed by atoms with E-state index >= 15 is 0 Å². The summed E-state index contributed by atoms with van der Waals surface area (Å²) < 4.78 is 70.1. The maximum absolute atomic E-state index is 12.9. The van der Waals surface area contributed by atoms with Crippen LogP contribution in [-0.2, 0) is 22.7 Å². The lowest BCUT2D eigenvalue weighted by molar-refractivity contribution is -0.137. The Kier molecular flexibility index (Phi) is 5.32. The van der Waals surface area contributed by atoms with Crippen molar-refractivity contribution in [3.8, 4) is 11.4 Å². The Morgan fingerprint density at radius 3 is 2.55 bits per heavy atom. The van der Waals surface area contributed by atoms with Crippen LogP contribution in [0.25, 0.3) is 11.4 Å². The third-order valence-electron chi connectivity index (χ3n) is 3.96. The van der Waals surface area contributed by atoms with Gasteiger partial charge in [0.2, 0.25) is 21.7 Å². The first kappa shape index (κ1) is 20.7. The lowest BCUT2D eigenvalue weighted by Gasteiger charge is -2.12. The van der Waals surface area contributed by atoms with Gasteiger partial charge in [-0.15, -0.1) is 0 Å². The Labute approximate surface area is 163 Å². The molecule has 0 atom stereocenters. The lowest BCUT2D eigenvalue weighted by atomic mass is 10.1. The minimum atomic E-state index is -4.52. The van der Waals surface area contributed by atoms with Crippen molar-refractivity contribution in [3.63, 3.8) is 0 Å². The highest BCUT2D eigenvalue weighted by atomic mass is 32.2. The highest BCUT2D eigenvalue weighted by Crippen LogP contribution is 2.31. The average Bonchev–Trinajstić information content (AvgIpc) is 3.11. The molecule has 0 spiro atoms. The monoisotopic (exact) mass is 428 g/mol. The van der Waals surface area contributed by atoms with Gasteiger partial charge >= 0.3 is 6.18 Å². The summed E-state index contributed by atoms with van der Waals surface area (Å²) in [7, 11) is -1.06. The van der Waals surface area contributed by atoms with Crippen molar-refractivity contribution in [2.45, 2.75) is 17.6 Å². The molecule has 0 bridgehead atoms.